The first kappa shape index (κ1) is 19.6. The van der Waals surface area contributed by atoms with Crippen molar-refractivity contribution in [2.75, 3.05) is 20.1 Å². The van der Waals surface area contributed by atoms with Gasteiger partial charge in [0.15, 0.2) is 0 Å². The third kappa shape index (κ3) is 4.51. The van der Waals surface area contributed by atoms with Crippen LogP contribution < -0.4 is 5.32 Å². The second-order valence-corrected chi connectivity index (χ2v) is 8.22. The van der Waals surface area contributed by atoms with Crippen molar-refractivity contribution in [3.8, 4) is 0 Å². The van der Waals surface area contributed by atoms with Gasteiger partial charge in [-0.15, -0.1) is 0 Å². The van der Waals surface area contributed by atoms with Gasteiger partial charge in [0.1, 0.15) is 0 Å². The van der Waals surface area contributed by atoms with Crippen LogP contribution in [0.3, 0.4) is 0 Å². The number of carbonyl (C=O) groups excluding carboxylic acids is 2. The van der Waals surface area contributed by atoms with Gasteiger partial charge in [-0.25, -0.2) is 0 Å². The Bertz CT molecular complexity index is 832. The second-order valence-electron chi connectivity index (χ2n) is 8.22. The standard InChI is InChI=1S/C24H29N3O2/c1-26-22(28)16-21(23(26)19-10-6-3-7-11-19)24(29)25-20-12-14-27(15-13-20)17-18-8-4-2-5-9-18/h2-11,20-21,23H,12-17H2,1H3,(H,25,29)/t21-,23-/m0/s1. The monoisotopic (exact) mass is 391 g/mol. The Balaban J connectivity index is 1.34. The number of nitrogens with zero attached hydrogens (tertiary/aromatic N) is 2. The molecular formula is C24H29N3O2. The number of piperidine rings is 1. The fraction of sp³-hybridized carbons (Fsp3) is 0.417. The summed E-state index contributed by atoms with van der Waals surface area (Å²) in [5.41, 5.74) is 2.35. The van der Waals surface area contributed by atoms with Crippen LogP contribution in [0.1, 0.15) is 36.4 Å². The Morgan fingerprint density at radius 3 is 2.28 bits per heavy atom. The van der Waals surface area contributed by atoms with Crippen molar-refractivity contribution in [1.29, 1.82) is 0 Å². The van der Waals surface area contributed by atoms with E-state index >= 15 is 0 Å². The summed E-state index contributed by atoms with van der Waals surface area (Å²) in [5.74, 6) is -0.271. The molecular weight excluding hydrogens is 362 g/mol. The van der Waals surface area contributed by atoms with Crippen LogP contribution in [0.4, 0.5) is 0 Å². The van der Waals surface area contributed by atoms with E-state index < -0.39 is 0 Å². The Labute approximate surface area is 172 Å². The van der Waals surface area contributed by atoms with Crippen LogP contribution >= 0.6 is 0 Å². The molecule has 1 N–H and O–H groups in total. The molecule has 2 aromatic rings. The summed E-state index contributed by atoms with van der Waals surface area (Å²) in [6.45, 7) is 2.91. The van der Waals surface area contributed by atoms with Crippen molar-refractivity contribution in [3.05, 3.63) is 71.8 Å². The van der Waals surface area contributed by atoms with Crippen molar-refractivity contribution in [1.82, 2.24) is 15.1 Å². The van der Waals surface area contributed by atoms with Crippen LogP contribution in [0.15, 0.2) is 60.7 Å². The predicted octanol–water partition coefficient (Wildman–Crippen LogP) is 2.99. The average molecular weight is 392 g/mol. The SMILES string of the molecule is CN1C(=O)C[C@H](C(=O)NC2CCN(Cc3ccccc3)CC2)[C@@H]1c1ccccc1. The predicted molar refractivity (Wildman–Crippen MR) is 113 cm³/mol. The Hall–Kier alpha value is -2.66. The van der Waals surface area contributed by atoms with Gasteiger partial charge in [0.2, 0.25) is 11.8 Å². The molecule has 2 aliphatic rings. The number of likely N-dealkylation sites (tertiary alicyclic amines) is 2. The van der Waals surface area contributed by atoms with Gasteiger partial charge >= 0.3 is 0 Å². The topological polar surface area (TPSA) is 52.7 Å². The molecule has 0 unspecified atom stereocenters. The van der Waals surface area contributed by atoms with Gasteiger partial charge in [-0.1, -0.05) is 60.7 Å². The molecule has 2 aliphatic heterocycles. The molecule has 0 aliphatic carbocycles. The zero-order valence-electron chi connectivity index (χ0n) is 17.0. The third-order valence-electron chi connectivity index (χ3n) is 6.25. The summed E-state index contributed by atoms with van der Waals surface area (Å²) in [4.78, 5) is 29.5. The molecule has 2 fully saturated rings. The fourth-order valence-electron chi connectivity index (χ4n) is 4.60. The minimum atomic E-state index is -0.322. The van der Waals surface area contributed by atoms with E-state index in [1.54, 1.807) is 11.9 Å². The van der Waals surface area contributed by atoms with E-state index in [9.17, 15) is 9.59 Å². The number of benzene rings is 2. The van der Waals surface area contributed by atoms with Crippen LogP contribution in [-0.2, 0) is 16.1 Å². The molecule has 152 valence electrons. The summed E-state index contributed by atoms with van der Waals surface area (Å²) >= 11 is 0. The molecule has 2 heterocycles. The maximum atomic E-state index is 13.1. The van der Waals surface area contributed by atoms with E-state index in [4.69, 9.17) is 0 Å². The molecule has 0 saturated carbocycles. The minimum Gasteiger partial charge on any atom is -0.353 e. The van der Waals surface area contributed by atoms with Gasteiger partial charge in [-0.2, -0.15) is 0 Å². The summed E-state index contributed by atoms with van der Waals surface area (Å²) in [6.07, 6.45) is 2.19. The molecule has 0 aromatic heterocycles. The third-order valence-corrected chi connectivity index (χ3v) is 6.25. The second kappa shape index (κ2) is 8.78. The van der Waals surface area contributed by atoms with E-state index in [-0.39, 0.29) is 36.2 Å². The number of hydrogen-bond acceptors (Lipinski definition) is 3. The fourth-order valence-corrected chi connectivity index (χ4v) is 4.60. The zero-order valence-corrected chi connectivity index (χ0v) is 17.0. The molecule has 29 heavy (non-hydrogen) atoms. The molecule has 0 spiro atoms. The van der Waals surface area contributed by atoms with Crippen LogP contribution in [-0.4, -0.2) is 47.8 Å². The highest BCUT2D eigenvalue weighted by molar-refractivity contribution is 5.90. The molecule has 2 amide bonds. The normalized spacial score (nSPS) is 23.3. The van der Waals surface area contributed by atoms with E-state index in [0.717, 1.165) is 38.0 Å². The van der Waals surface area contributed by atoms with Crippen LogP contribution in [0.25, 0.3) is 0 Å². The zero-order chi connectivity index (χ0) is 20.2. The van der Waals surface area contributed by atoms with E-state index in [2.05, 4.69) is 34.5 Å². The highest BCUT2D eigenvalue weighted by Crippen LogP contribution is 2.37. The Morgan fingerprint density at radius 1 is 1.00 bits per heavy atom. The van der Waals surface area contributed by atoms with Crippen molar-refractivity contribution in [2.24, 2.45) is 5.92 Å². The maximum Gasteiger partial charge on any atom is 0.226 e. The first-order chi connectivity index (χ1) is 14.1. The number of rotatable bonds is 5. The van der Waals surface area contributed by atoms with Crippen LogP contribution in [0, 0.1) is 5.92 Å². The average Bonchev–Trinajstić information content (AvgIpc) is 3.05. The Kier molecular flexibility index (Phi) is 5.95. The minimum absolute atomic E-state index is 0.0121. The lowest BCUT2D eigenvalue weighted by atomic mass is 9.92. The van der Waals surface area contributed by atoms with Gasteiger partial charge in [-0.05, 0) is 24.0 Å². The van der Waals surface area contributed by atoms with Gasteiger partial charge in [0, 0.05) is 39.1 Å². The quantitative estimate of drug-likeness (QED) is 0.853. The first-order valence-electron chi connectivity index (χ1n) is 10.5. The Morgan fingerprint density at radius 2 is 1.62 bits per heavy atom. The maximum absolute atomic E-state index is 13.1. The number of amides is 2. The lowest BCUT2D eigenvalue weighted by Gasteiger charge is -2.33. The molecule has 4 rings (SSSR count). The van der Waals surface area contributed by atoms with Crippen molar-refractivity contribution in [2.45, 2.75) is 37.9 Å². The summed E-state index contributed by atoms with van der Waals surface area (Å²) in [6, 6.07) is 20.4. The molecule has 2 saturated heterocycles. The van der Waals surface area contributed by atoms with Gasteiger partial charge in [0.25, 0.3) is 0 Å². The summed E-state index contributed by atoms with van der Waals surface area (Å²) < 4.78 is 0. The van der Waals surface area contributed by atoms with E-state index in [1.807, 2.05) is 36.4 Å². The largest absolute Gasteiger partial charge is 0.353 e. The number of nitrogens with one attached hydrogen (secondary N) is 1. The van der Waals surface area contributed by atoms with Gasteiger partial charge in [-0.3, -0.25) is 14.5 Å². The van der Waals surface area contributed by atoms with Crippen LogP contribution in [0.5, 0.6) is 0 Å². The smallest absolute Gasteiger partial charge is 0.226 e. The number of carbonyl (C=O) groups is 2. The molecule has 5 heteroatoms. The first-order valence-corrected chi connectivity index (χ1v) is 10.5. The van der Waals surface area contributed by atoms with Gasteiger partial charge in [0.05, 0.1) is 12.0 Å². The van der Waals surface area contributed by atoms with E-state index in [0.29, 0.717) is 0 Å². The van der Waals surface area contributed by atoms with Crippen molar-refractivity contribution < 1.29 is 9.59 Å². The highest BCUT2D eigenvalue weighted by Gasteiger charge is 2.43. The van der Waals surface area contributed by atoms with Crippen molar-refractivity contribution in [3.63, 3.8) is 0 Å². The summed E-state index contributed by atoms with van der Waals surface area (Å²) in [5, 5.41) is 3.24. The van der Waals surface area contributed by atoms with Crippen LogP contribution in [0.2, 0.25) is 0 Å². The number of hydrogen-bond donors (Lipinski definition) is 1. The summed E-state index contributed by atoms with van der Waals surface area (Å²) in [7, 11) is 1.80. The molecule has 2 aromatic carbocycles. The molecule has 0 radical (unpaired) electrons. The lowest BCUT2D eigenvalue weighted by Crippen LogP contribution is -2.46. The van der Waals surface area contributed by atoms with E-state index in [1.165, 1.54) is 5.56 Å². The molecule has 2 atom stereocenters. The molecule has 0 bridgehead atoms. The van der Waals surface area contributed by atoms with Crippen molar-refractivity contribution >= 4 is 11.8 Å². The lowest BCUT2D eigenvalue weighted by molar-refractivity contribution is -0.128. The highest BCUT2D eigenvalue weighted by atomic mass is 16.2. The van der Waals surface area contributed by atoms with Gasteiger partial charge < -0.3 is 10.2 Å². The molecule has 5 nitrogen and oxygen atoms in total.